The third-order valence-corrected chi connectivity index (χ3v) is 8.99. The van der Waals surface area contributed by atoms with E-state index in [-0.39, 0.29) is 12.5 Å². The second kappa shape index (κ2) is 10.8. The Labute approximate surface area is 239 Å². The number of alkyl halides is 1. The predicted molar refractivity (Wildman–Crippen MR) is 157 cm³/mol. The highest BCUT2D eigenvalue weighted by molar-refractivity contribution is 6.01. The molecule has 216 valence electrons. The van der Waals surface area contributed by atoms with Crippen LogP contribution in [0.1, 0.15) is 41.6 Å². The number of carbonyl (C=O) groups excluding carboxylic acids is 1. The molecule has 0 unspecified atom stereocenters. The fourth-order valence-electron chi connectivity index (χ4n) is 6.41. The maximum atomic E-state index is 13.3. The van der Waals surface area contributed by atoms with Crippen molar-refractivity contribution in [1.29, 1.82) is 0 Å². The number of para-hydroxylation sites is 1. The van der Waals surface area contributed by atoms with E-state index >= 15 is 0 Å². The minimum Gasteiger partial charge on any atom is -0.491 e. The second-order valence-corrected chi connectivity index (χ2v) is 12.1. The molecule has 1 aliphatic carbocycles. The lowest BCUT2D eigenvalue weighted by atomic mass is 9.97. The van der Waals surface area contributed by atoms with Crippen molar-refractivity contribution in [2.24, 2.45) is 24.6 Å². The molecule has 4 heterocycles. The first-order valence-corrected chi connectivity index (χ1v) is 14.9. The van der Waals surface area contributed by atoms with Gasteiger partial charge in [0.05, 0.1) is 34.9 Å². The van der Waals surface area contributed by atoms with Crippen LogP contribution in [0.3, 0.4) is 0 Å². The van der Waals surface area contributed by atoms with Gasteiger partial charge in [-0.2, -0.15) is 0 Å². The van der Waals surface area contributed by atoms with Crippen molar-refractivity contribution in [1.82, 2.24) is 19.0 Å². The normalized spacial score (nSPS) is 18.8. The van der Waals surface area contributed by atoms with Gasteiger partial charge < -0.3 is 29.2 Å². The van der Waals surface area contributed by atoms with Crippen LogP contribution in [0.2, 0.25) is 0 Å². The predicted octanol–water partition coefficient (Wildman–Crippen LogP) is 4.71. The molecule has 1 saturated carbocycles. The van der Waals surface area contributed by atoms with Gasteiger partial charge in [0.25, 0.3) is 5.91 Å². The maximum absolute atomic E-state index is 13.3. The number of ether oxygens (including phenoxy) is 2. The van der Waals surface area contributed by atoms with Crippen LogP contribution in [0.4, 0.5) is 4.39 Å². The fraction of sp³-hybridized carbons (Fsp3) is 0.500. The number of aromatic nitrogens is 3. The zero-order valence-corrected chi connectivity index (χ0v) is 23.7. The van der Waals surface area contributed by atoms with Crippen molar-refractivity contribution in [3.63, 3.8) is 0 Å². The van der Waals surface area contributed by atoms with E-state index in [1.807, 2.05) is 6.07 Å². The number of nitrogens with zero attached hydrogens (tertiary/aromatic N) is 4. The van der Waals surface area contributed by atoms with Crippen LogP contribution in [-0.4, -0.2) is 70.6 Å². The lowest BCUT2D eigenvalue weighted by Gasteiger charge is -2.30. The van der Waals surface area contributed by atoms with Crippen LogP contribution < -0.4 is 10.5 Å². The monoisotopic (exact) mass is 559 g/mol. The van der Waals surface area contributed by atoms with E-state index in [4.69, 9.17) is 20.2 Å². The van der Waals surface area contributed by atoms with E-state index in [2.05, 4.69) is 46.5 Å². The van der Waals surface area contributed by atoms with Gasteiger partial charge >= 0.3 is 0 Å². The number of fused-ring (bicyclic) bond motifs is 3. The highest BCUT2D eigenvalue weighted by atomic mass is 19.1. The van der Waals surface area contributed by atoms with E-state index < -0.39 is 12.7 Å². The van der Waals surface area contributed by atoms with Crippen LogP contribution in [0.5, 0.6) is 5.75 Å². The number of rotatable bonds is 9. The quantitative estimate of drug-likeness (QED) is 0.321. The number of benzene rings is 2. The molecular weight excluding hydrogens is 521 g/mol. The Bertz CT molecular complexity index is 1600. The van der Waals surface area contributed by atoms with E-state index in [1.54, 1.807) is 4.90 Å². The minimum atomic E-state index is -0.662. The summed E-state index contributed by atoms with van der Waals surface area (Å²) < 4.78 is 29.6. The standard InChI is InChI=1S/C32H38FN5O3/c1-36-27-13-22-7-10-37(18-24(34)16-33)32(39)25(22)15-26(27)35-31(36)28-14-23-3-2-4-29(30(23)38(28)17-20-5-6-20)41-19-21-8-11-40-12-9-21/h2-4,13-15,20-21,24H,5-12,16-19,34H2,1H3/t24-/m1/s1. The third kappa shape index (κ3) is 4.99. The molecule has 2 aromatic heterocycles. The summed E-state index contributed by atoms with van der Waals surface area (Å²) in [5.74, 6) is 2.88. The van der Waals surface area contributed by atoms with Gasteiger partial charge in [-0.25, -0.2) is 9.37 Å². The Balaban J connectivity index is 1.27. The van der Waals surface area contributed by atoms with Gasteiger partial charge in [-0.1, -0.05) is 12.1 Å². The van der Waals surface area contributed by atoms with Crippen molar-refractivity contribution in [3.05, 3.63) is 47.5 Å². The van der Waals surface area contributed by atoms with Crippen LogP contribution in [0.15, 0.2) is 36.4 Å². The van der Waals surface area contributed by atoms with Gasteiger partial charge in [-0.15, -0.1) is 0 Å². The van der Waals surface area contributed by atoms with Crippen molar-refractivity contribution in [3.8, 4) is 17.3 Å². The number of imidazole rings is 1. The number of aryl methyl sites for hydroxylation is 1. The molecule has 7 rings (SSSR count). The van der Waals surface area contributed by atoms with Gasteiger partial charge in [0.2, 0.25) is 0 Å². The summed E-state index contributed by atoms with van der Waals surface area (Å²) in [5, 5.41) is 1.14. The highest BCUT2D eigenvalue weighted by Crippen LogP contribution is 2.39. The smallest absolute Gasteiger partial charge is 0.254 e. The molecule has 8 nitrogen and oxygen atoms in total. The molecular formula is C32H38FN5O3. The zero-order valence-electron chi connectivity index (χ0n) is 23.7. The van der Waals surface area contributed by atoms with Crippen molar-refractivity contribution in [2.75, 3.05) is 39.6 Å². The largest absolute Gasteiger partial charge is 0.491 e. The van der Waals surface area contributed by atoms with Crippen molar-refractivity contribution < 1.29 is 18.7 Å². The Kier molecular flexibility index (Phi) is 6.95. The molecule has 9 heteroatoms. The van der Waals surface area contributed by atoms with Gasteiger partial charge in [-0.05, 0) is 73.8 Å². The highest BCUT2D eigenvalue weighted by Gasteiger charge is 2.29. The maximum Gasteiger partial charge on any atom is 0.254 e. The van der Waals surface area contributed by atoms with Gasteiger partial charge in [0.1, 0.15) is 12.4 Å². The van der Waals surface area contributed by atoms with Crippen LogP contribution in [-0.2, 0) is 24.8 Å². The van der Waals surface area contributed by atoms with E-state index in [1.165, 1.54) is 12.8 Å². The molecule has 2 aromatic carbocycles. The molecule has 1 atom stereocenters. The van der Waals surface area contributed by atoms with Crippen molar-refractivity contribution in [2.45, 2.75) is 44.7 Å². The summed E-state index contributed by atoms with van der Waals surface area (Å²) in [6.45, 7) is 3.37. The molecule has 1 saturated heterocycles. The zero-order chi connectivity index (χ0) is 28.1. The SMILES string of the molecule is Cn1c(-c2cc3cccc(OCC4CCOCC4)c3n2CC2CC2)nc2cc3c(cc21)CCN(C[C@H](N)CF)C3=O. The number of nitrogens with two attached hydrogens (primary N) is 1. The number of hydrogen-bond acceptors (Lipinski definition) is 5. The van der Waals surface area contributed by atoms with E-state index in [0.29, 0.717) is 37.0 Å². The van der Waals surface area contributed by atoms with Gasteiger partial charge in [0.15, 0.2) is 5.82 Å². The molecule has 0 radical (unpaired) electrons. The Morgan fingerprint density at radius 1 is 1.15 bits per heavy atom. The summed E-state index contributed by atoms with van der Waals surface area (Å²) in [7, 11) is 2.05. The Hall–Kier alpha value is -3.43. The molecule has 0 bridgehead atoms. The van der Waals surface area contributed by atoms with Gasteiger partial charge in [0, 0.05) is 50.8 Å². The minimum absolute atomic E-state index is 0.0987. The first-order valence-electron chi connectivity index (χ1n) is 14.9. The molecule has 2 N–H and O–H groups in total. The summed E-state index contributed by atoms with van der Waals surface area (Å²) in [6.07, 6.45) is 5.27. The molecule has 2 aliphatic heterocycles. The molecule has 3 aliphatic rings. The lowest BCUT2D eigenvalue weighted by Crippen LogP contribution is -2.45. The summed E-state index contributed by atoms with van der Waals surface area (Å²) >= 11 is 0. The molecule has 0 spiro atoms. The molecule has 2 fully saturated rings. The second-order valence-electron chi connectivity index (χ2n) is 12.1. The summed E-state index contributed by atoms with van der Waals surface area (Å²) in [5.41, 5.74) is 11.4. The lowest BCUT2D eigenvalue weighted by molar-refractivity contribution is 0.0499. The summed E-state index contributed by atoms with van der Waals surface area (Å²) in [6, 6.07) is 11.9. The Morgan fingerprint density at radius 2 is 1.98 bits per heavy atom. The first kappa shape index (κ1) is 26.5. The first-order chi connectivity index (χ1) is 20.0. The third-order valence-electron chi connectivity index (χ3n) is 8.99. The molecule has 41 heavy (non-hydrogen) atoms. The average Bonchev–Trinajstić information content (AvgIpc) is 3.67. The van der Waals surface area contributed by atoms with Crippen LogP contribution in [0.25, 0.3) is 33.5 Å². The molecule has 1 amide bonds. The topological polar surface area (TPSA) is 87.5 Å². The number of carbonyl (C=O) groups is 1. The molecule has 4 aromatic rings. The van der Waals surface area contributed by atoms with Crippen LogP contribution in [0, 0.1) is 11.8 Å². The van der Waals surface area contributed by atoms with Crippen molar-refractivity contribution >= 4 is 27.8 Å². The Morgan fingerprint density at radius 3 is 2.76 bits per heavy atom. The number of hydrogen-bond donors (Lipinski definition) is 1. The average molecular weight is 560 g/mol. The van der Waals surface area contributed by atoms with Crippen LogP contribution >= 0.6 is 0 Å². The van der Waals surface area contributed by atoms with E-state index in [0.717, 1.165) is 77.4 Å². The van der Waals surface area contributed by atoms with E-state index in [9.17, 15) is 9.18 Å². The number of amides is 1. The fourth-order valence-corrected chi connectivity index (χ4v) is 6.41. The number of halogens is 1. The van der Waals surface area contributed by atoms with Gasteiger partial charge in [-0.3, -0.25) is 4.79 Å². The summed E-state index contributed by atoms with van der Waals surface area (Å²) in [4.78, 5) is 20.0.